The lowest BCUT2D eigenvalue weighted by Crippen LogP contribution is -2.19. The smallest absolute Gasteiger partial charge is 0.253 e. The van der Waals surface area contributed by atoms with E-state index in [1.54, 1.807) is 6.92 Å². The number of aromatic amines is 1. The highest BCUT2D eigenvalue weighted by atomic mass is 35.5. The predicted octanol–water partition coefficient (Wildman–Crippen LogP) is 2.92. The van der Waals surface area contributed by atoms with Crippen LogP contribution in [0.2, 0.25) is 5.15 Å². The Morgan fingerprint density at radius 3 is 2.57 bits per heavy atom. The van der Waals surface area contributed by atoms with Crippen LogP contribution in [0, 0.1) is 20.8 Å². The first-order valence-electron chi connectivity index (χ1n) is 6.88. The molecule has 21 heavy (non-hydrogen) atoms. The van der Waals surface area contributed by atoms with E-state index in [1.165, 1.54) is 0 Å². The van der Waals surface area contributed by atoms with E-state index in [-0.39, 0.29) is 5.56 Å². The highest BCUT2D eigenvalue weighted by Crippen LogP contribution is 2.22. The lowest BCUT2D eigenvalue weighted by Gasteiger charge is -2.13. The summed E-state index contributed by atoms with van der Waals surface area (Å²) in [6, 6.07) is 1.96. The van der Waals surface area contributed by atoms with Gasteiger partial charge >= 0.3 is 0 Å². The van der Waals surface area contributed by atoms with Gasteiger partial charge in [-0.25, -0.2) is 9.97 Å². The van der Waals surface area contributed by atoms with Gasteiger partial charge in [-0.1, -0.05) is 18.5 Å². The van der Waals surface area contributed by atoms with Crippen molar-refractivity contribution in [3.63, 3.8) is 0 Å². The third-order valence-electron chi connectivity index (χ3n) is 3.35. The Bertz CT molecular complexity index is 724. The van der Waals surface area contributed by atoms with Crippen LogP contribution in [0.1, 0.15) is 35.1 Å². The number of nitrogens with zero attached hydrogens (tertiary/aromatic N) is 2. The van der Waals surface area contributed by atoms with Crippen molar-refractivity contribution in [1.29, 1.82) is 0 Å². The molecule has 2 heterocycles. The highest BCUT2D eigenvalue weighted by Gasteiger charge is 2.11. The monoisotopic (exact) mass is 306 g/mol. The summed E-state index contributed by atoms with van der Waals surface area (Å²) in [4.78, 5) is 23.4. The van der Waals surface area contributed by atoms with Gasteiger partial charge in [0.15, 0.2) is 0 Å². The van der Waals surface area contributed by atoms with E-state index in [9.17, 15) is 4.79 Å². The lowest BCUT2D eigenvalue weighted by atomic mass is 10.1. The summed E-state index contributed by atoms with van der Waals surface area (Å²) >= 11 is 6.14. The number of rotatable bonds is 4. The maximum atomic E-state index is 12.0. The zero-order chi connectivity index (χ0) is 15.6. The van der Waals surface area contributed by atoms with Crippen molar-refractivity contribution in [3.05, 3.63) is 49.8 Å². The normalized spacial score (nSPS) is 10.7. The van der Waals surface area contributed by atoms with Gasteiger partial charge in [0.1, 0.15) is 16.8 Å². The molecule has 0 spiro atoms. The fraction of sp³-hybridized carbons (Fsp3) is 0.400. The first-order chi connectivity index (χ1) is 9.92. The molecule has 0 unspecified atom stereocenters. The minimum absolute atomic E-state index is 0.0741. The molecule has 2 aromatic heterocycles. The van der Waals surface area contributed by atoms with Crippen LogP contribution in [0.15, 0.2) is 10.9 Å². The molecule has 0 amide bonds. The molecule has 0 aromatic carbocycles. The number of anilines is 1. The van der Waals surface area contributed by atoms with Crippen molar-refractivity contribution in [2.24, 2.45) is 0 Å². The molecule has 0 radical (unpaired) electrons. The number of hydrogen-bond donors (Lipinski definition) is 2. The molecule has 0 aliphatic rings. The predicted molar refractivity (Wildman–Crippen MR) is 85.0 cm³/mol. The molecule has 2 rings (SSSR count). The number of aryl methyl sites for hydroxylation is 3. The SMILES string of the molecule is CCc1c(Cl)nc(C)nc1NCc1c(C)cc(C)[nH]c1=O. The Labute approximate surface area is 128 Å². The van der Waals surface area contributed by atoms with Crippen LogP contribution in [0.5, 0.6) is 0 Å². The van der Waals surface area contributed by atoms with Gasteiger partial charge in [-0.15, -0.1) is 0 Å². The fourth-order valence-electron chi connectivity index (χ4n) is 2.29. The maximum absolute atomic E-state index is 12.0. The van der Waals surface area contributed by atoms with Gasteiger partial charge < -0.3 is 10.3 Å². The quantitative estimate of drug-likeness (QED) is 0.852. The largest absolute Gasteiger partial charge is 0.365 e. The second-order valence-electron chi connectivity index (χ2n) is 5.04. The number of H-pyrrole nitrogens is 1. The average Bonchev–Trinajstić information content (AvgIpc) is 2.36. The molecule has 0 fully saturated rings. The molecule has 0 saturated heterocycles. The fourth-order valence-corrected chi connectivity index (χ4v) is 2.64. The first kappa shape index (κ1) is 15.5. The Morgan fingerprint density at radius 1 is 1.24 bits per heavy atom. The first-order valence-corrected chi connectivity index (χ1v) is 7.26. The Hall–Kier alpha value is -1.88. The maximum Gasteiger partial charge on any atom is 0.253 e. The number of hydrogen-bond acceptors (Lipinski definition) is 4. The Balaban J connectivity index is 2.31. The van der Waals surface area contributed by atoms with Crippen molar-refractivity contribution in [3.8, 4) is 0 Å². The van der Waals surface area contributed by atoms with Crippen molar-refractivity contribution in [1.82, 2.24) is 15.0 Å². The number of halogens is 1. The summed E-state index contributed by atoms with van der Waals surface area (Å²) in [5.74, 6) is 1.30. The Morgan fingerprint density at radius 2 is 1.95 bits per heavy atom. The van der Waals surface area contributed by atoms with Gasteiger partial charge in [-0.05, 0) is 38.8 Å². The van der Waals surface area contributed by atoms with Crippen LogP contribution in [0.4, 0.5) is 5.82 Å². The average molecular weight is 307 g/mol. The van der Waals surface area contributed by atoms with Gasteiger partial charge in [-0.2, -0.15) is 0 Å². The molecule has 0 atom stereocenters. The van der Waals surface area contributed by atoms with Crippen molar-refractivity contribution in [2.75, 3.05) is 5.32 Å². The minimum atomic E-state index is -0.0741. The van der Waals surface area contributed by atoms with Gasteiger partial charge in [0.05, 0.1) is 0 Å². The zero-order valence-corrected chi connectivity index (χ0v) is 13.4. The number of pyridine rings is 1. The Kier molecular flexibility index (Phi) is 4.63. The van der Waals surface area contributed by atoms with E-state index in [4.69, 9.17) is 11.6 Å². The molecular formula is C15H19ClN4O. The van der Waals surface area contributed by atoms with E-state index in [0.717, 1.165) is 23.2 Å². The van der Waals surface area contributed by atoms with Crippen molar-refractivity contribution < 1.29 is 0 Å². The van der Waals surface area contributed by atoms with Crippen LogP contribution in [0.25, 0.3) is 0 Å². The summed E-state index contributed by atoms with van der Waals surface area (Å²) in [7, 11) is 0. The molecule has 0 saturated carbocycles. The van der Waals surface area contributed by atoms with Gasteiger partial charge in [0, 0.05) is 23.4 Å². The van der Waals surface area contributed by atoms with E-state index >= 15 is 0 Å². The molecule has 0 aliphatic heterocycles. The number of aromatic nitrogens is 3. The van der Waals surface area contributed by atoms with E-state index < -0.39 is 0 Å². The summed E-state index contributed by atoms with van der Waals surface area (Å²) < 4.78 is 0. The molecule has 2 N–H and O–H groups in total. The molecule has 0 aliphatic carbocycles. The molecule has 5 nitrogen and oxygen atoms in total. The molecule has 112 valence electrons. The van der Waals surface area contributed by atoms with Crippen molar-refractivity contribution >= 4 is 17.4 Å². The second-order valence-corrected chi connectivity index (χ2v) is 5.40. The van der Waals surface area contributed by atoms with Crippen LogP contribution in [-0.4, -0.2) is 15.0 Å². The summed E-state index contributed by atoms with van der Waals surface area (Å²) in [6.45, 7) is 7.99. The molecule has 6 heteroatoms. The second kappa shape index (κ2) is 6.26. The summed E-state index contributed by atoms with van der Waals surface area (Å²) in [5.41, 5.74) is 3.31. The van der Waals surface area contributed by atoms with Crippen LogP contribution in [0.3, 0.4) is 0 Å². The highest BCUT2D eigenvalue weighted by molar-refractivity contribution is 6.30. The summed E-state index contributed by atoms with van der Waals surface area (Å²) in [5, 5.41) is 3.67. The third-order valence-corrected chi connectivity index (χ3v) is 3.66. The van der Waals surface area contributed by atoms with Crippen LogP contribution < -0.4 is 10.9 Å². The lowest BCUT2D eigenvalue weighted by molar-refractivity contribution is 0.953. The van der Waals surface area contributed by atoms with E-state index in [2.05, 4.69) is 20.3 Å². The van der Waals surface area contributed by atoms with Gasteiger partial charge in [0.25, 0.3) is 5.56 Å². The van der Waals surface area contributed by atoms with Crippen LogP contribution in [-0.2, 0) is 13.0 Å². The minimum Gasteiger partial charge on any atom is -0.365 e. The standard InChI is InChI=1S/C15H19ClN4O/c1-5-11-13(16)19-10(4)20-14(11)17-7-12-8(2)6-9(3)18-15(12)21/h6H,5,7H2,1-4H3,(H,18,21)(H,17,19,20). The van der Waals surface area contributed by atoms with Crippen LogP contribution >= 0.6 is 11.6 Å². The molecule has 0 bridgehead atoms. The molecule has 2 aromatic rings. The van der Waals surface area contributed by atoms with E-state index in [1.807, 2.05) is 26.8 Å². The molecular weight excluding hydrogens is 288 g/mol. The zero-order valence-electron chi connectivity index (χ0n) is 12.7. The van der Waals surface area contributed by atoms with E-state index in [0.29, 0.717) is 28.9 Å². The third kappa shape index (κ3) is 3.42. The van der Waals surface area contributed by atoms with Gasteiger partial charge in [0.2, 0.25) is 0 Å². The number of nitrogens with one attached hydrogen (secondary N) is 2. The summed E-state index contributed by atoms with van der Waals surface area (Å²) in [6.07, 6.45) is 0.727. The van der Waals surface area contributed by atoms with Crippen molar-refractivity contribution in [2.45, 2.75) is 40.7 Å². The topological polar surface area (TPSA) is 70.7 Å². The van der Waals surface area contributed by atoms with Gasteiger partial charge in [-0.3, -0.25) is 4.79 Å².